The van der Waals surface area contributed by atoms with Gasteiger partial charge < -0.3 is 15.5 Å². The minimum absolute atomic E-state index is 0.136. The number of pyridine rings is 1. The number of benzene rings is 1. The Morgan fingerprint density at radius 2 is 2.05 bits per heavy atom. The molecule has 0 spiro atoms. The molecule has 110 valence electrons. The maximum absolute atomic E-state index is 12.7. The molecule has 1 atom stereocenters. The minimum Gasteiger partial charge on any atom is -0.504 e. The fraction of sp³-hybridized carbons (Fsp3) is 0.200. The number of phenols is 2. The van der Waals surface area contributed by atoms with Crippen LogP contribution in [0, 0.1) is 5.82 Å². The largest absolute Gasteiger partial charge is 0.504 e. The molecule has 6 heteroatoms. The van der Waals surface area contributed by atoms with Crippen LogP contribution < -0.4 is 5.32 Å². The highest BCUT2D eigenvalue weighted by atomic mass is 19.1. The van der Waals surface area contributed by atoms with Gasteiger partial charge in [-0.2, -0.15) is 0 Å². The van der Waals surface area contributed by atoms with Crippen molar-refractivity contribution in [2.45, 2.75) is 19.4 Å². The van der Waals surface area contributed by atoms with Crippen LogP contribution in [0.1, 0.15) is 23.0 Å². The summed E-state index contributed by atoms with van der Waals surface area (Å²) in [5.74, 6) is -1.29. The highest BCUT2D eigenvalue weighted by molar-refractivity contribution is 5.92. The number of carbonyl (C=O) groups excluding carboxylic acids is 1. The Balaban J connectivity index is 1.97. The number of nitrogens with zero attached hydrogens (tertiary/aromatic N) is 1. The minimum atomic E-state index is -0.501. The van der Waals surface area contributed by atoms with Gasteiger partial charge in [-0.1, -0.05) is 6.07 Å². The second-order valence-corrected chi connectivity index (χ2v) is 4.76. The quantitative estimate of drug-likeness (QED) is 0.752. The Bertz CT molecular complexity index is 644. The SMILES string of the molecule is C[C@@H](Cc1ccc(O)c(O)c1)NC(=O)c1ccc(F)cn1. The lowest BCUT2D eigenvalue weighted by Gasteiger charge is -2.14. The van der Waals surface area contributed by atoms with E-state index in [1.807, 2.05) is 0 Å². The fourth-order valence-corrected chi connectivity index (χ4v) is 1.91. The molecule has 2 rings (SSSR count). The van der Waals surface area contributed by atoms with Gasteiger partial charge in [-0.3, -0.25) is 4.79 Å². The normalized spacial score (nSPS) is 11.9. The second-order valence-electron chi connectivity index (χ2n) is 4.76. The van der Waals surface area contributed by atoms with Crippen molar-refractivity contribution in [1.29, 1.82) is 0 Å². The van der Waals surface area contributed by atoms with E-state index in [4.69, 9.17) is 0 Å². The molecule has 0 fully saturated rings. The van der Waals surface area contributed by atoms with Crippen molar-refractivity contribution in [3.63, 3.8) is 0 Å². The van der Waals surface area contributed by atoms with E-state index in [2.05, 4.69) is 10.3 Å². The standard InChI is InChI=1S/C15H15FN2O3/c1-9(6-10-2-5-13(19)14(20)7-10)18-15(21)12-4-3-11(16)8-17-12/h2-5,7-9,19-20H,6H2,1H3,(H,18,21)/t9-/m0/s1. The number of aromatic nitrogens is 1. The maximum atomic E-state index is 12.7. The Hall–Kier alpha value is -2.63. The van der Waals surface area contributed by atoms with Crippen molar-refractivity contribution in [3.05, 3.63) is 53.6 Å². The Kier molecular flexibility index (Phi) is 4.37. The lowest BCUT2D eigenvalue weighted by atomic mass is 10.1. The average Bonchev–Trinajstić information content (AvgIpc) is 2.43. The first-order chi connectivity index (χ1) is 9.95. The molecule has 2 aromatic rings. The zero-order valence-corrected chi connectivity index (χ0v) is 11.4. The topological polar surface area (TPSA) is 82.5 Å². The number of hydrogen-bond acceptors (Lipinski definition) is 4. The molecule has 1 aromatic carbocycles. The fourth-order valence-electron chi connectivity index (χ4n) is 1.91. The lowest BCUT2D eigenvalue weighted by Crippen LogP contribution is -2.34. The molecule has 0 saturated heterocycles. The maximum Gasteiger partial charge on any atom is 0.270 e. The highest BCUT2D eigenvalue weighted by Gasteiger charge is 2.12. The predicted octanol–water partition coefficient (Wildman–Crippen LogP) is 1.99. The number of nitrogens with one attached hydrogen (secondary N) is 1. The van der Waals surface area contributed by atoms with Crippen LogP contribution in [0.25, 0.3) is 0 Å². The Morgan fingerprint density at radius 1 is 1.29 bits per heavy atom. The molecule has 0 saturated carbocycles. The molecule has 3 N–H and O–H groups in total. The van der Waals surface area contributed by atoms with E-state index in [0.29, 0.717) is 6.42 Å². The van der Waals surface area contributed by atoms with Gasteiger partial charge in [0.15, 0.2) is 11.5 Å². The van der Waals surface area contributed by atoms with Crippen molar-refractivity contribution >= 4 is 5.91 Å². The number of carbonyl (C=O) groups is 1. The van der Waals surface area contributed by atoms with Crippen LogP contribution in [0.15, 0.2) is 36.5 Å². The molecule has 0 unspecified atom stereocenters. The highest BCUT2D eigenvalue weighted by Crippen LogP contribution is 2.25. The molecule has 1 aromatic heterocycles. The van der Waals surface area contributed by atoms with Crippen molar-refractivity contribution in [2.75, 3.05) is 0 Å². The summed E-state index contributed by atoms with van der Waals surface area (Å²) in [5.41, 5.74) is 0.905. The first-order valence-corrected chi connectivity index (χ1v) is 6.39. The van der Waals surface area contributed by atoms with Crippen LogP contribution in [0.2, 0.25) is 0 Å². The van der Waals surface area contributed by atoms with Crippen molar-refractivity contribution < 1.29 is 19.4 Å². The Labute approximate surface area is 121 Å². The summed E-state index contributed by atoms with van der Waals surface area (Å²) in [6.45, 7) is 1.80. The van der Waals surface area contributed by atoms with E-state index in [0.717, 1.165) is 11.8 Å². The summed E-state index contributed by atoms with van der Waals surface area (Å²) in [5, 5.41) is 21.4. The molecule has 0 bridgehead atoms. The van der Waals surface area contributed by atoms with E-state index in [9.17, 15) is 19.4 Å². The van der Waals surface area contributed by atoms with Crippen LogP contribution in [0.5, 0.6) is 11.5 Å². The summed E-state index contributed by atoms with van der Waals surface area (Å²) in [6.07, 6.45) is 1.46. The smallest absolute Gasteiger partial charge is 0.270 e. The molecular formula is C15H15FN2O3. The van der Waals surface area contributed by atoms with Gasteiger partial charge in [0.05, 0.1) is 6.20 Å². The van der Waals surface area contributed by atoms with Crippen LogP contribution in [-0.2, 0) is 6.42 Å². The molecule has 5 nitrogen and oxygen atoms in total. The third-order valence-corrected chi connectivity index (χ3v) is 2.92. The average molecular weight is 290 g/mol. The summed E-state index contributed by atoms with van der Waals surface area (Å²) in [4.78, 5) is 15.6. The van der Waals surface area contributed by atoms with Gasteiger partial charge in [0.1, 0.15) is 11.5 Å². The molecule has 1 heterocycles. The number of amides is 1. The summed E-state index contributed by atoms with van der Waals surface area (Å²) >= 11 is 0. The molecule has 0 aliphatic heterocycles. The zero-order valence-electron chi connectivity index (χ0n) is 11.4. The van der Waals surface area contributed by atoms with E-state index >= 15 is 0 Å². The number of aromatic hydroxyl groups is 2. The molecule has 0 aliphatic rings. The monoisotopic (exact) mass is 290 g/mol. The van der Waals surface area contributed by atoms with Crippen LogP contribution in [-0.4, -0.2) is 27.1 Å². The van der Waals surface area contributed by atoms with Crippen molar-refractivity contribution in [3.8, 4) is 11.5 Å². The summed E-state index contributed by atoms with van der Waals surface area (Å²) in [6, 6.07) is 6.75. The Morgan fingerprint density at radius 3 is 2.67 bits per heavy atom. The lowest BCUT2D eigenvalue weighted by molar-refractivity contribution is 0.0935. The zero-order chi connectivity index (χ0) is 15.4. The van der Waals surface area contributed by atoms with Crippen molar-refractivity contribution in [2.24, 2.45) is 0 Å². The van der Waals surface area contributed by atoms with Gasteiger partial charge in [0.2, 0.25) is 0 Å². The third-order valence-electron chi connectivity index (χ3n) is 2.92. The first kappa shape index (κ1) is 14.8. The second kappa shape index (κ2) is 6.21. The molecular weight excluding hydrogens is 275 g/mol. The van der Waals surface area contributed by atoms with E-state index < -0.39 is 11.7 Å². The van der Waals surface area contributed by atoms with Crippen molar-refractivity contribution in [1.82, 2.24) is 10.3 Å². The predicted molar refractivity (Wildman–Crippen MR) is 74.6 cm³/mol. The number of phenolic OH excluding ortho intramolecular Hbond substituents is 2. The molecule has 0 radical (unpaired) electrons. The van der Waals surface area contributed by atoms with Gasteiger partial charge in [0, 0.05) is 6.04 Å². The summed E-state index contributed by atoms with van der Waals surface area (Å²) in [7, 11) is 0. The number of rotatable bonds is 4. The van der Waals surface area contributed by atoms with Crippen LogP contribution in [0.4, 0.5) is 4.39 Å². The molecule has 21 heavy (non-hydrogen) atoms. The molecule has 0 aliphatic carbocycles. The molecule has 1 amide bonds. The number of halogens is 1. The van der Waals surface area contributed by atoms with Gasteiger partial charge in [-0.25, -0.2) is 9.37 Å². The van der Waals surface area contributed by atoms with Crippen LogP contribution in [0.3, 0.4) is 0 Å². The number of hydrogen-bond donors (Lipinski definition) is 3. The van der Waals surface area contributed by atoms with Gasteiger partial charge >= 0.3 is 0 Å². The van der Waals surface area contributed by atoms with E-state index in [1.54, 1.807) is 13.0 Å². The third kappa shape index (κ3) is 3.92. The first-order valence-electron chi connectivity index (χ1n) is 6.39. The van der Waals surface area contributed by atoms with Gasteiger partial charge in [-0.05, 0) is 43.2 Å². The van der Waals surface area contributed by atoms with Crippen LogP contribution >= 0.6 is 0 Å². The van der Waals surface area contributed by atoms with E-state index in [1.165, 1.54) is 24.3 Å². The van der Waals surface area contributed by atoms with Gasteiger partial charge in [-0.15, -0.1) is 0 Å². The summed E-state index contributed by atoms with van der Waals surface area (Å²) < 4.78 is 12.7. The van der Waals surface area contributed by atoms with Gasteiger partial charge in [0.25, 0.3) is 5.91 Å². The van der Waals surface area contributed by atoms with E-state index in [-0.39, 0.29) is 23.2 Å².